The molecule has 0 amide bonds. The standard InChI is InChI=1S/C11H11ClO5/c1-5-4-6(16-2)7(9(13)11(14)15)8(12)10(5)17-3/h4H,1-3H3,(H,14,15). The van der Waals surface area contributed by atoms with Crippen molar-refractivity contribution in [1.29, 1.82) is 0 Å². The van der Waals surface area contributed by atoms with Gasteiger partial charge in [0.2, 0.25) is 0 Å². The molecule has 0 atom stereocenters. The van der Waals surface area contributed by atoms with Crippen LogP contribution in [0.15, 0.2) is 6.07 Å². The van der Waals surface area contributed by atoms with Crippen LogP contribution in [-0.2, 0) is 4.79 Å². The smallest absolute Gasteiger partial charge is 0.377 e. The number of methoxy groups -OCH3 is 2. The van der Waals surface area contributed by atoms with Crippen LogP contribution in [0.5, 0.6) is 11.5 Å². The number of carbonyl (C=O) groups excluding carboxylic acids is 1. The number of carboxylic acid groups (broad SMARTS) is 1. The van der Waals surface area contributed by atoms with Crippen LogP contribution in [0.2, 0.25) is 5.02 Å². The summed E-state index contributed by atoms with van der Waals surface area (Å²) in [5.41, 5.74) is 0.445. The molecule has 0 saturated heterocycles. The van der Waals surface area contributed by atoms with Crippen molar-refractivity contribution in [3.05, 3.63) is 22.2 Å². The monoisotopic (exact) mass is 258 g/mol. The lowest BCUT2D eigenvalue weighted by atomic mass is 10.1. The maximum absolute atomic E-state index is 11.5. The molecule has 0 aliphatic carbocycles. The number of rotatable bonds is 4. The van der Waals surface area contributed by atoms with Crippen LogP contribution in [0.3, 0.4) is 0 Å². The number of carbonyl (C=O) groups is 2. The highest BCUT2D eigenvalue weighted by molar-refractivity contribution is 6.46. The minimum Gasteiger partial charge on any atom is -0.496 e. The lowest BCUT2D eigenvalue weighted by Crippen LogP contribution is -2.15. The summed E-state index contributed by atoms with van der Waals surface area (Å²) < 4.78 is 9.97. The molecule has 6 heteroatoms. The molecule has 0 unspecified atom stereocenters. The van der Waals surface area contributed by atoms with Crippen LogP contribution in [0.4, 0.5) is 0 Å². The van der Waals surface area contributed by atoms with Crippen LogP contribution in [0.25, 0.3) is 0 Å². The van der Waals surface area contributed by atoms with Crippen molar-refractivity contribution in [1.82, 2.24) is 0 Å². The summed E-state index contributed by atoms with van der Waals surface area (Å²) in [6.45, 7) is 1.71. The van der Waals surface area contributed by atoms with E-state index >= 15 is 0 Å². The molecule has 0 aliphatic heterocycles. The van der Waals surface area contributed by atoms with Gasteiger partial charge in [-0.25, -0.2) is 4.79 Å². The van der Waals surface area contributed by atoms with Gasteiger partial charge in [0.1, 0.15) is 11.5 Å². The van der Waals surface area contributed by atoms with Gasteiger partial charge in [-0.1, -0.05) is 11.6 Å². The highest BCUT2D eigenvalue weighted by atomic mass is 35.5. The molecule has 0 spiro atoms. The fraction of sp³-hybridized carbons (Fsp3) is 0.273. The Morgan fingerprint density at radius 1 is 1.29 bits per heavy atom. The zero-order valence-corrected chi connectivity index (χ0v) is 10.3. The average molecular weight is 259 g/mol. The molecule has 1 rings (SSSR count). The minimum absolute atomic E-state index is 0.0586. The first-order valence-corrected chi connectivity index (χ1v) is 5.00. The largest absolute Gasteiger partial charge is 0.496 e. The molecule has 5 nitrogen and oxygen atoms in total. The van der Waals surface area contributed by atoms with Gasteiger partial charge in [0.05, 0.1) is 24.8 Å². The first-order chi connectivity index (χ1) is 7.93. The van der Waals surface area contributed by atoms with Gasteiger partial charge < -0.3 is 14.6 Å². The third kappa shape index (κ3) is 2.34. The molecule has 17 heavy (non-hydrogen) atoms. The van der Waals surface area contributed by atoms with E-state index in [9.17, 15) is 9.59 Å². The lowest BCUT2D eigenvalue weighted by molar-refractivity contribution is -0.131. The van der Waals surface area contributed by atoms with E-state index in [0.29, 0.717) is 5.56 Å². The third-order valence-electron chi connectivity index (χ3n) is 2.22. The Bertz CT molecular complexity index is 481. The fourth-order valence-electron chi connectivity index (χ4n) is 1.46. The summed E-state index contributed by atoms with van der Waals surface area (Å²) in [5, 5.41) is 8.65. The molecule has 1 aromatic carbocycles. The average Bonchev–Trinajstić information content (AvgIpc) is 2.27. The van der Waals surface area contributed by atoms with Crippen molar-refractivity contribution in [2.24, 2.45) is 0 Å². The van der Waals surface area contributed by atoms with Crippen LogP contribution >= 0.6 is 11.6 Å². The van der Waals surface area contributed by atoms with Crippen molar-refractivity contribution >= 4 is 23.4 Å². The zero-order valence-electron chi connectivity index (χ0n) is 9.54. The van der Waals surface area contributed by atoms with E-state index in [1.54, 1.807) is 6.92 Å². The van der Waals surface area contributed by atoms with E-state index in [-0.39, 0.29) is 22.1 Å². The summed E-state index contributed by atoms with van der Waals surface area (Å²) in [7, 11) is 2.71. The van der Waals surface area contributed by atoms with Gasteiger partial charge in [-0.3, -0.25) is 4.79 Å². The highest BCUT2D eigenvalue weighted by Crippen LogP contribution is 2.38. The lowest BCUT2D eigenvalue weighted by Gasteiger charge is -2.13. The predicted octanol–water partition coefficient (Wildman–Crippen LogP) is 1.93. The third-order valence-corrected chi connectivity index (χ3v) is 2.58. The molecule has 0 fully saturated rings. The first-order valence-electron chi connectivity index (χ1n) is 4.62. The van der Waals surface area contributed by atoms with Crippen molar-refractivity contribution in [3.8, 4) is 11.5 Å². The number of Topliss-reactive ketones (excluding diaryl/α,β-unsaturated/α-hetero) is 1. The maximum atomic E-state index is 11.5. The second-order valence-corrected chi connectivity index (χ2v) is 3.63. The normalized spacial score (nSPS) is 9.88. The number of benzene rings is 1. The summed E-state index contributed by atoms with van der Waals surface area (Å²) >= 11 is 5.95. The highest BCUT2D eigenvalue weighted by Gasteiger charge is 2.26. The van der Waals surface area contributed by atoms with Crippen LogP contribution in [-0.4, -0.2) is 31.1 Å². The topological polar surface area (TPSA) is 72.8 Å². The van der Waals surface area contributed by atoms with Crippen LogP contribution in [0.1, 0.15) is 15.9 Å². The van der Waals surface area contributed by atoms with E-state index in [1.807, 2.05) is 0 Å². The second kappa shape index (κ2) is 5.05. The van der Waals surface area contributed by atoms with Crippen molar-refractivity contribution in [2.45, 2.75) is 6.92 Å². The number of halogens is 1. The Labute approximate surface area is 103 Å². The Morgan fingerprint density at radius 3 is 2.29 bits per heavy atom. The van der Waals surface area contributed by atoms with Gasteiger partial charge in [0.25, 0.3) is 5.78 Å². The van der Waals surface area contributed by atoms with Gasteiger partial charge in [-0.05, 0) is 18.6 Å². The molecular weight excluding hydrogens is 248 g/mol. The molecule has 0 saturated carbocycles. The van der Waals surface area contributed by atoms with Gasteiger partial charge in [0.15, 0.2) is 0 Å². The molecule has 0 aromatic heterocycles. The first kappa shape index (κ1) is 13.3. The van der Waals surface area contributed by atoms with Gasteiger partial charge in [0, 0.05) is 0 Å². The molecule has 0 radical (unpaired) electrons. The van der Waals surface area contributed by atoms with Crippen molar-refractivity contribution in [3.63, 3.8) is 0 Å². The molecule has 1 aromatic rings. The summed E-state index contributed by atoms with van der Waals surface area (Å²) in [4.78, 5) is 22.2. The molecule has 0 bridgehead atoms. The Kier molecular flexibility index (Phi) is 3.96. The molecular formula is C11H11ClO5. The van der Waals surface area contributed by atoms with E-state index in [0.717, 1.165) is 0 Å². The van der Waals surface area contributed by atoms with E-state index < -0.39 is 11.8 Å². The van der Waals surface area contributed by atoms with Gasteiger partial charge >= 0.3 is 5.97 Å². The summed E-state index contributed by atoms with van der Waals surface area (Å²) in [6.07, 6.45) is 0. The number of ketones is 1. The fourth-order valence-corrected chi connectivity index (χ4v) is 1.86. The summed E-state index contributed by atoms with van der Waals surface area (Å²) in [5.74, 6) is -2.36. The quantitative estimate of drug-likeness (QED) is 0.660. The maximum Gasteiger partial charge on any atom is 0.377 e. The minimum atomic E-state index is -1.60. The van der Waals surface area contributed by atoms with Crippen LogP contribution < -0.4 is 9.47 Å². The summed E-state index contributed by atoms with van der Waals surface area (Å²) in [6, 6.07) is 1.50. The molecule has 1 N–H and O–H groups in total. The number of hydrogen-bond donors (Lipinski definition) is 1. The Morgan fingerprint density at radius 2 is 1.88 bits per heavy atom. The van der Waals surface area contributed by atoms with Gasteiger partial charge in [-0.15, -0.1) is 0 Å². The number of aliphatic carboxylic acids is 1. The predicted molar refractivity (Wildman–Crippen MR) is 61.3 cm³/mol. The zero-order chi connectivity index (χ0) is 13.2. The Hall–Kier alpha value is -1.75. The molecule has 0 heterocycles. The van der Waals surface area contributed by atoms with E-state index in [1.165, 1.54) is 20.3 Å². The van der Waals surface area contributed by atoms with Crippen molar-refractivity contribution in [2.75, 3.05) is 14.2 Å². The number of aryl methyl sites for hydroxylation is 1. The second-order valence-electron chi connectivity index (χ2n) is 3.25. The van der Waals surface area contributed by atoms with E-state index in [4.69, 9.17) is 26.2 Å². The molecule has 92 valence electrons. The number of ether oxygens (including phenoxy) is 2. The van der Waals surface area contributed by atoms with Gasteiger partial charge in [-0.2, -0.15) is 0 Å². The number of hydrogen-bond acceptors (Lipinski definition) is 4. The SMILES string of the molecule is COc1cc(C)c(OC)c(Cl)c1C(=O)C(=O)O. The number of carboxylic acids is 1. The molecule has 0 aliphatic rings. The Balaban J connectivity index is 3.56. The van der Waals surface area contributed by atoms with E-state index in [2.05, 4.69) is 0 Å². The van der Waals surface area contributed by atoms with Crippen molar-refractivity contribution < 1.29 is 24.2 Å². The van der Waals surface area contributed by atoms with Crippen LogP contribution in [0, 0.1) is 6.92 Å².